The number of carbonyl (C=O) groups excluding carboxylic acids is 1. The van der Waals surface area contributed by atoms with E-state index in [9.17, 15) is 4.79 Å². The summed E-state index contributed by atoms with van der Waals surface area (Å²) in [5, 5.41) is 6.70. The molecule has 1 amide bonds. The Kier molecular flexibility index (Phi) is 4.65. The molecule has 7 heteroatoms. The fourth-order valence-corrected chi connectivity index (χ4v) is 2.80. The number of benzene rings is 2. The lowest BCUT2D eigenvalue weighted by molar-refractivity contribution is 0.0945. The van der Waals surface area contributed by atoms with Crippen molar-refractivity contribution in [1.82, 2.24) is 10.5 Å². The normalized spacial score (nSPS) is 12.0. The van der Waals surface area contributed by atoms with Crippen LogP contribution in [0.3, 0.4) is 0 Å². The minimum Gasteiger partial charge on any atom is -0.497 e. The van der Waals surface area contributed by atoms with Gasteiger partial charge in [-0.25, -0.2) is 0 Å². The maximum Gasteiger partial charge on any atom is 0.273 e. The first-order valence-electron chi connectivity index (χ1n) is 8.51. The summed E-state index contributed by atoms with van der Waals surface area (Å²) in [5.41, 5.74) is 2.08. The minimum absolute atomic E-state index is 0.235. The Balaban J connectivity index is 1.35. The van der Waals surface area contributed by atoms with E-state index in [2.05, 4.69) is 10.5 Å². The highest BCUT2D eigenvalue weighted by atomic mass is 16.7. The van der Waals surface area contributed by atoms with Gasteiger partial charge in [0, 0.05) is 18.2 Å². The Morgan fingerprint density at radius 3 is 2.93 bits per heavy atom. The highest BCUT2D eigenvalue weighted by Crippen LogP contribution is 2.32. The van der Waals surface area contributed by atoms with Gasteiger partial charge in [0.1, 0.15) is 5.75 Å². The Labute approximate surface area is 155 Å². The van der Waals surface area contributed by atoms with Crippen molar-refractivity contribution in [2.75, 3.05) is 20.4 Å². The molecule has 0 spiro atoms. The van der Waals surface area contributed by atoms with E-state index in [1.54, 1.807) is 13.2 Å². The van der Waals surface area contributed by atoms with Crippen LogP contribution < -0.4 is 19.5 Å². The SMILES string of the molecule is COc1cccc(-c2cc(C(=O)NCCc3ccc4c(c3)OCO4)no2)c1. The fraction of sp³-hybridized carbons (Fsp3) is 0.200. The first-order chi connectivity index (χ1) is 13.2. The number of rotatable bonds is 6. The van der Waals surface area contributed by atoms with Crippen LogP contribution in [0.5, 0.6) is 17.2 Å². The van der Waals surface area contributed by atoms with E-state index >= 15 is 0 Å². The number of hydrogen-bond donors (Lipinski definition) is 1. The second-order valence-electron chi connectivity index (χ2n) is 6.00. The zero-order valence-electron chi connectivity index (χ0n) is 14.7. The highest BCUT2D eigenvalue weighted by Gasteiger charge is 2.15. The summed E-state index contributed by atoms with van der Waals surface area (Å²) in [4.78, 5) is 12.3. The molecule has 4 rings (SSSR count). The third-order valence-electron chi connectivity index (χ3n) is 4.23. The molecule has 2 aromatic carbocycles. The number of ether oxygens (including phenoxy) is 3. The number of hydrogen-bond acceptors (Lipinski definition) is 6. The van der Waals surface area contributed by atoms with E-state index in [0.717, 1.165) is 22.6 Å². The molecule has 0 bridgehead atoms. The molecule has 7 nitrogen and oxygen atoms in total. The topological polar surface area (TPSA) is 82.8 Å². The zero-order valence-corrected chi connectivity index (χ0v) is 14.7. The van der Waals surface area contributed by atoms with Gasteiger partial charge in [-0.1, -0.05) is 23.4 Å². The molecule has 0 fully saturated rings. The predicted molar refractivity (Wildman–Crippen MR) is 97.1 cm³/mol. The van der Waals surface area contributed by atoms with Gasteiger partial charge in [0.2, 0.25) is 6.79 Å². The van der Waals surface area contributed by atoms with E-state index in [-0.39, 0.29) is 18.4 Å². The summed E-state index contributed by atoms with van der Waals surface area (Å²) in [5.74, 6) is 2.41. The van der Waals surface area contributed by atoms with Gasteiger partial charge in [-0.15, -0.1) is 0 Å². The number of aromatic nitrogens is 1. The maximum absolute atomic E-state index is 12.3. The summed E-state index contributed by atoms with van der Waals surface area (Å²) in [6.45, 7) is 0.719. The van der Waals surface area contributed by atoms with Crippen molar-refractivity contribution in [3.8, 4) is 28.6 Å². The number of nitrogens with zero attached hydrogens (tertiary/aromatic N) is 1. The average molecular weight is 366 g/mol. The van der Waals surface area contributed by atoms with Crippen LogP contribution in [0, 0.1) is 0 Å². The Hall–Kier alpha value is -3.48. The van der Waals surface area contributed by atoms with Gasteiger partial charge < -0.3 is 24.1 Å². The largest absolute Gasteiger partial charge is 0.497 e. The van der Waals surface area contributed by atoms with Crippen LogP contribution in [0.25, 0.3) is 11.3 Å². The molecule has 1 aromatic heterocycles. The predicted octanol–water partition coefficient (Wildman–Crippen LogP) is 3.05. The van der Waals surface area contributed by atoms with Crippen molar-refractivity contribution in [3.63, 3.8) is 0 Å². The third kappa shape index (κ3) is 3.72. The summed E-state index contributed by atoms with van der Waals surface area (Å²) in [6, 6.07) is 14.7. The smallest absolute Gasteiger partial charge is 0.273 e. The van der Waals surface area contributed by atoms with Gasteiger partial charge in [0.15, 0.2) is 23.0 Å². The first kappa shape index (κ1) is 17.0. The first-order valence-corrected chi connectivity index (χ1v) is 8.51. The van der Waals surface area contributed by atoms with Crippen molar-refractivity contribution >= 4 is 5.91 Å². The third-order valence-corrected chi connectivity index (χ3v) is 4.23. The summed E-state index contributed by atoms with van der Waals surface area (Å²) >= 11 is 0. The van der Waals surface area contributed by atoms with Crippen LogP contribution in [0.15, 0.2) is 53.1 Å². The van der Waals surface area contributed by atoms with Crippen molar-refractivity contribution in [2.45, 2.75) is 6.42 Å². The molecule has 0 aliphatic carbocycles. The molecule has 0 saturated carbocycles. The number of nitrogens with one attached hydrogen (secondary N) is 1. The molecule has 27 heavy (non-hydrogen) atoms. The van der Waals surface area contributed by atoms with Crippen molar-refractivity contribution in [3.05, 3.63) is 59.8 Å². The lowest BCUT2D eigenvalue weighted by Gasteiger charge is -2.04. The monoisotopic (exact) mass is 366 g/mol. The fourth-order valence-electron chi connectivity index (χ4n) is 2.80. The van der Waals surface area contributed by atoms with E-state index in [0.29, 0.717) is 24.5 Å². The van der Waals surface area contributed by atoms with Crippen LogP contribution in [0.4, 0.5) is 0 Å². The van der Waals surface area contributed by atoms with E-state index in [1.807, 2.05) is 42.5 Å². The molecule has 0 saturated heterocycles. The molecule has 0 unspecified atom stereocenters. The molecule has 2 heterocycles. The van der Waals surface area contributed by atoms with Crippen molar-refractivity contribution in [1.29, 1.82) is 0 Å². The van der Waals surface area contributed by atoms with E-state index < -0.39 is 0 Å². The Morgan fingerprint density at radius 2 is 2.04 bits per heavy atom. The van der Waals surface area contributed by atoms with E-state index in [4.69, 9.17) is 18.7 Å². The van der Waals surface area contributed by atoms with Crippen LogP contribution in [0.2, 0.25) is 0 Å². The van der Waals surface area contributed by atoms with Gasteiger partial charge in [0.25, 0.3) is 5.91 Å². The number of amides is 1. The standard InChI is InChI=1S/C20H18N2O5/c1-24-15-4-2-3-14(10-15)18-11-16(22-27-18)20(23)21-8-7-13-5-6-17-19(9-13)26-12-25-17/h2-6,9-11H,7-8,12H2,1H3,(H,21,23). The molecule has 1 aliphatic rings. The molecular weight excluding hydrogens is 348 g/mol. The molecule has 1 N–H and O–H groups in total. The summed E-state index contributed by atoms with van der Waals surface area (Å²) in [7, 11) is 1.60. The second-order valence-corrected chi connectivity index (χ2v) is 6.00. The van der Waals surface area contributed by atoms with Gasteiger partial charge in [-0.05, 0) is 36.2 Å². The molecular formula is C20H18N2O5. The van der Waals surface area contributed by atoms with E-state index in [1.165, 1.54) is 0 Å². The second kappa shape index (κ2) is 7.41. The van der Waals surface area contributed by atoms with Crippen LogP contribution in [0.1, 0.15) is 16.1 Å². The quantitative estimate of drug-likeness (QED) is 0.722. The molecule has 1 aliphatic heterocycles. The summed E-state index contributed by atoms with van der Waals surface area (Å²) in [6.07, 6.45) is 0.670. The van der Waals surface area contributed by atoms with Gasteiger partial charge in [0.05, 0.1) is 7.11 Å². The van der Waals surface area contributed by atoms with Crippen LogP contribution in [-0.2, 0) is 6.42 Å². The van der Waals surface area contributed by atoms with Gasteiger partial charge >= 0.3 is 0 Å². The van der Waals surface area contributed by atoms with Gasteiger partial charge in [-0.3, -0.25) is 4.79 Å². The lowest BCUT2D eigenvalue weighted by atomic mass is 10.1. The summed E-state index contributed by atoms with van der Waals surface area (Å²) < 4.78 is 21.1. The highest BCUT2D eigenvalue weighted by molar-refractivity contribution is 5.93. The Morgan fingerprint density at radius 1 is 1.15 bits per heavy atom. The number of methoxy groups -OCH3 is 1. The molecule has 0 atom stereocenters. The van der Waals surface area contributed by atoms with Crippen LogP contribution in [-0.4, -0.2) is 31.5 Å². The van der Waals surface area contributed by atoms with Crippen molar-refractivity contribution < 1.29 is 23.5 Å². The van der Waals surface area contributed by atoms with Gasteiger partial charge in [-0.2, -0.15) is 0 Å². The minimum atomic E-state index is -0.284. The molecule has 3 aromatic rings. The van der Waals surface area contributed by atoms with Crippen LogP contribution >= 0.6 is 0 Å². The number of fused-ring (bicyclic) bond motifs is 1. The average Bonchev–Trinajstić information content (AvgIpc) is 3.37. The van der Waals surface area contributed by atoms with Crippen molar-refractivity contribution in [2.24, 2.45) is 0 Å². The molecule has 0 radical (unpaired) electrons. The maximum atomic E-state index is 12.3. The Bertz CT molecular complexity index is 967. The molecule has 138 valence electrons. The zero-order chi connectivity index (χ0) is 18.6. The lowest BCUT2D eigenvalue weighted by Crippen LogP contribution is -2.25. The number of carbonyl (C=O) groups is 1.